The molecule has 0 aliphatic carbocycles. The van der Waals surface area contributed by atoms with Crippen LogP contribution in [0.4, 0.5) is 0 Å². The van der Waals surface area contributed by atoms with Crippen molar-refractivity contribution >= 4 is 0 Å². The van der Waals surface area contributed by atoms with Gasteiger partial charge in [-0.1, -0.05) is 0 Å². The lowest BCUT2D eigenvalue weighted by Crippen LogP contribution is -2.39. The van der Waals surface area contributed by atoms with Crippen LogP contribution in [0.2, 0.25) is 0 Å². The molecule has 2 atom stereocenters. The van der Waals surface area contributed by atoms with Crippen LogP contribution in [0.1, 0.15) is 34.6 Å². The highest BCUT2D eigenvalue weighted by Gasteiger charge is 2.14. The summed E-state index contributed by atoms with van der Waals surface area (Å²) < 4.78 is 5.62. The van der Waals surface area contributed by atoms with Crippen molar-refractivity contribution in [3.05, 3.63) is 0 Å². The zero-order valence-electron chi connectivity index (χ0n) is 11.2. The highest BCUT2D eigenvalue weighted by molar-refractivity contribution is 4.66. The van der Waals surface area contributed by atoms with Crippen molar-refractivity contribution in [1.82, 2.24) is 4.90 Å². The summed E-state index contributed by atoms with van der Waals surface area (Å²) in [6.07, 6.45) is -0.762. The smallest absolute Gasteiger partial charge is 0.0639 e. The molecule has 2 unspecified atom stereocenters. The second-order valence-corrected chi connectivity index (χ2v) is 5.42. The molecule has 0 saturated heterocycles. The number of hydrogen-bond acceptors (Lipinski definition) is 4. The fourth-order valence-corrected chi connectivity index (χ4v) is 1.49. The van der Waals surface area contributed by atoms with Crippen LogP contribution in [-0.4, -0.2) is 59.2 Å². The highest BCUT2D eigenvalue weighted by Crippen LogP contribution is 2.06. The second-order valence-electron chi connectivity index (χ2n) is 5.42. The second kappa shape index (κ2) is 7.22. The lowest BCUT2D eigenvalue weighted by molar-refractivity contribution is -0.0209. The van der Waals surface area contributed by atoms with E-state index >= 15 is 0 Å². The van der Waals surface area contributed by atoms with Gasteiger partial charge in [0.1, 0.15) is 0 Å². The topological polar surface area (TPSA) is 52.9 Å². The number of ether oxygens (including phenoxy) is 1. The summed E-state index contributed by atoms with van der Waals surface area (Å²) in [6, 6.07) is 0. The molecule has 4 heteroatoms. The standard InChI is InChI=1S/C12H27NO3/c1-10(14)8-13(9-11(2)15)6-7-16-12(3,4)5/h10-11,14-15H,6-9H2,1-5H3. The van der Waals surface area contributed by atoms with Crippen molar-refractivity contribution in [3.63, 3.8) is 0 Å². The average Bonchev–Trinajstić information content (AvgIpc) is 1.98. The zero-order valence-corrected chi connectivity index (χ0v) is 11.2. The van der Waals surface area contributed by atoms with Crippen molar-refractivity contribution in [2.75, 3.05) is 26.2 Å². The highest BCUT2D eigenvalue weighted by atomic mass is 16.5. The van der Waals surface area contributed by atoms with Crippen LogP contribution in [-0.2, 0) is 4.74 Å². The fraction of sp³-hybridized carbons (Fsp3) is 1.00. The number of nitrogens with zero attached hydrogens (tertiary/aromatic N) is 1. The van der Waals surface area contributed by atoms with E-state index in [1.54, 1.807) is 13.8 Å². The third kappa shape index (κ3) is 10.4. The number of hydrogen-bond donors (Lipinski definition) is 2. The summed E-state index contributed by atoms with van der Waals surface area (Å²) in [6.45, 7) is 12.0. The quantitative estimate of drug-likeness (QED) is 0.685. The summed E-state index contributed by atoms with van der Waals surface area (Å²) in [5.41, 5.74) is -0.138. The van der Waals surface area contributed by atoms with Crippen LogP contribution >= 0.6 is 0 Å². The molecule has 0 spiro atoms. The largest absolute Gasteiger partial charge is 0.392 e. The van der Waals surface area contributed by atoms with Crippen molar-refractivity contribution in [1.29, 1.82) is 0 Å². The van der Waals surface area contributed by atoms with Crippen LogP contribution < -0.4 is 0 Å². The molecular weight excluding hydrogens is 206 g/mol. The van der Waals surface area contributed by atoms with E-state index < -0.39 is 0 Å². The predicted octanol–water partition coefficient (Wildman–Crippen LogP) is 0.865. The van der Waals surface area contributed by atoms with Gasteiger partial charge in [-0.05, 0) is 34.6 Å². The van der Waals surface area contributed by atoms with Gasteiger partial charge in [0.2, 0.25) is 0 Å². The third-order valence-corrected chi connectivity index (χ3v) is 1.99. The normalized spacial score (nSPS) is 16.5. The zero-order chi connectivity index (χ0) is 12.8. The molecule has 0 rings (SSSR count). The third-order valence-electron chi connectivity index (χ3n) is 1.99. The van der Waals surface area contributed by atoms with E-state index in [0.717, 1.165) is 6.54 Å². The number of rotatable bonds is 7. The Morgan fingerprint density at radius 3 is 1.81 bits per heavy atom. The first-order chi connectivity index (χ1) is 7.20. The summed E-state index contributed by atoms with van der Waals surface area (Å²) >= 11 is 0. The molecule has 0 aliphatic rings. The molecule has 0 heterocycles. The van der Waals surface area contributed by atoms with Crippen LogP contribution in [0.3, 0.4) is 0 Å². The molecule has 0 aromatic heterocycles. The first kappa shape index (κ1) is 15.8. The van der Waals surface area contributed by atoms with Crippen LogP contribution in [0.25, 0.3) is 0 Å². The van der Waals surface area contributed by atoms with Gasteiger partial charge in [0, 0.05) is 19.6 Å². The molecule has 0 saturated carbocycles. The van der Waals surface area contributed by atoms with Crippen molar-refractivity contribution in [3.8, 4) is 0 Å². The van der Waals surface area contributed by atoms with E-state index in [0.29, 0.717) is 19.7 Å². The predicted molar refractivity (Wildman–Crippen MR) is 65.5 cm³/mol. The summed E-state index contributed by atoms with van der Waals surface area (Å²) in [4.78, 5) is 2.01. The van der Waals surface area contributed by atoms with Crippen LogP contribution in [0.5, 0.6) is 0 Å². The Labute approximate surface area is 99.2 Å². The minimum Gasteiger partial charge on any atom is -0.392 e. The monoisotopic (exact) mass is 233 g/mol. The molecule has 0 amide bonds. The van der Waals surface area contributed by atoms with Gasteiger partial charge in [-0.2, -0.15) is 0 Å². The Hall–Kier alpha value is -0.160. The first-order valence-electron chi connectivity index (χ1n) is 5.93. The molecule has 98 valence electrons. The Balaban J connectivity index is 3.92. The molecule has 0 aromatic rings. The van der Waals surface area contributed by atoms with Crippen LogP contribution in [0.15, 0.2) is 0 Å². The summed E-state index contributed by atoms with van der Waals surface area (Å²) in [7, 11) is 0. The van der Waals surface area contributed by atoms with E-state index in [1.165, 1.54) is 0 Å². The number of aliphatic hydroxyl groups excluding tert-OH is 2. The minimum absolute atomic E-state index is 0.138. The lowest BCUT2D eigenvalue weighted by atomic mass is 10.2. The number of aliphatic hydroxyl groups is 2. The van der Waals surface area contributed by atoms with Gasteiger partial charge < -0.3 is 14.9 Å². The molecule has 0 fully saturated rings. The van der Waals surface area contributed by atoms with Crippen LogP contribution in [0, 0.1) is 0 Å². The molecular formula is C12H27NO3. The minimum atomic E-state index is -0.381. The maximum absolute atomic E-state index is 9.33. The lowest BCUT2D eigenvalue weighted by Gasteiger charge is -2.27. The molecule has 2 N–H and O–H groups in total. The van der Waals surface area contributed by atoms with Gasteiger partial charge in [0.05, 0.1) is 24.4 Å². The maximum Gasteiger partial charge on any atom is 0.0639 e. The van der Waals surface area contributed by atoms with Gasteiger partial charge >= 0.3 is 0 Å². The molecule has 0 aliphatic heterocycles. The molecule has 0 bridgehead atoms. The Bertz CT molecular complexity index is 166. The molecule has 0 aromatic carbocycles. The molecule has 16 heavy (non-hydrogen) atoms. The molecule has 4 nitrogen and oxygen atoms in total. The Morgan fingerprint density at radius 2 is 1.50 bits per heavy atom. The van der Waals surface area contributed by atoms with E-state index in [4.69, 9.17) is 4.74 Å². The fourth-order valence-electron chi connectivity index (χ4n) is 1.49. The molecule has 0 radical (unpaired) electrons. The first-order valence-corrected chi connectivity index (χ1v) is 5.93. The van der Waals surface area contributed by atoms with Gasteiger partial charge in [-0.25, -0.2) is 0 Å². The summed E-state index contributed by atoms with van der Waals surface area (Å²) in [5.74, 6) is 0. The Kier molecular flexibility index (Phi) is 7.15. The van der Waals surface area contributed by atoms with Crippen molar-refractivity contribution in [2.24, 2.45) is 0 Å². The van der Waals surface area contributed by atoms with Gasteiger partial charge in [0.25, 0.3) is 0 Å². The van der Waals surface area contributed by atoms with Crippen molar-refractivity contribution < 1.29 is 14.9 Å². The maximum atomic E-state index is 9.33. The van der Waals surface area contributed by atoms with E-state index in [1.807, 2.05) is 25.7 Å². The van der Waals surface area contributed by atoms with E-state index in [2.05, 4.69) is 0 Å². The van der Waals surface area contributed by atoms with Crippen molar-refractivity contribution in [2.45, 2.75) is 52.4 Å². The Morgan fingerprint density at radius 1 is 1.06 bits per heavy atom. The van der Waals surface area contributed by atoms with E-state index in [-0.39, 0.29) is 17.8 Å². The average molecular weight is 233 g/mol. The van der Waals surface area contributed by atoms with Gasteiger partial charge in [-0.3, -0.25) is 4.90 Å². The van der Waals surface area contributed by atoms with Gasteiger partial charge in [0.15, 0.2) is 0 Å². The van der Waals surface area contributed by atoms with E-state index in [9.17, 15) is 10.2 Å². The summed E-state index contributed by atoms with van der Waals surface area (Å²) in [5, 5.41) is 18.7. The SMILES string of the molecule is CC(O)CN(CCOC(C)(C)C)CC(C)O. The van der Waals surface area contributed by atoms with Gasteiger partial charge in [-0.15, -0.1) is 0 Å².